The first-order valence-electron chi connectivity index (χ1n) is 6.81. The molecule has 0 atom stereocenters. The van der Waals surface area contributed by atoms with Gasteiger partial charge in [0.25, 0.3) is 6.08 Å². The molecule has 104 valence electrons. The summed E-state index contributed by atoms with van der Waals surface area (Å²) >= 11 is 0. The van der Waals surface area contributed by atoms with E-state index >= 15 is 0 Å². The van der Waals surface area contributed by atoms with Crippen LogP contribution < -0.4 is 0 Å². The van der Waals surface area contributed by atoms with Crippen LogP contribution >= 0.6 is 0 Å². The van der Waals surface area contributed by atoms with Crippen molar-refractivity contribution in [2.45, 2.75) is 51.9 Å². The van der Waals surface area contributed by atoms with Crippen molar-refractivity contribution in [3.05, 3.63) is 12.2 Å². The lowest BCUT2D eigenvalue weighted by Crippen LogP contribution is -2.24. The SMILES string of the molecule is CCCCOC(=O)C1CCC(CC=C(F)F)CC1. The van der Waals surface area contributed by atoms with E-state index in [0.717, 1.165) is 44.6 Å². The fourth-order valence-electron chi connectivity index (χ4n) is 2.32. The maximum absolute atomic E-state index is 12.0. The van der Waals surface area contributed by atoms with E-state index in [1.54, 1.807) is 0 Å². The maximum Gasteiger partial charge on any atom is 0.308 e. The number of carbonyl (C=O) groups is 1. The molecule has 0 heterocycles. The Balaban J connectivity index is 2.22. The van der Waals surface area contributed by atoms with Gasteiger partial charge in [-0.15, -0.1) is 0 Å². The van der Waals surface area contributed by atoms with Crippen molar-refractivity contribution in [2.24, 2.45) is 11.8 Å². The standard InChI is InChI=1S/C14H22F2O2/c1-2-3-10-18-14(17)12-7-4-11(5-8-12)6-9-13(15)16/h9,11-12H,2-8,10H2,1H3. The van der Waals surface area contributed by atoms with E-state index in [-0.39, 0.29) is 11.9 Å². The van der Waals surface area contributed by atoms with Gasteiger partial charge in [0.15, 0.2) is 0 Å². The molecule has 0 aromatic carbocycles. The molecular weight excluding hydrogens is 238 g/mol. The summed E-state index contributed by atoms with van der Waals surface area (Å²) in [5, 5.41) is 0. The average molecular weight is 260 g/mol. The highest BCUT2D eigenvalue weighted by molar-refractivity contribution is 5.72. The molecule has 0 aromatic heterocycles. The van der Waals surface area contributed by atoms with Crippen LogP contribution in [-0.2, 0) is 9.53 Å². The van der Waals surface area contributed by atoms with Crippen LogP contribution in [0.2, 0.25) is 0 Å². The fraction of sp³-hybridized carbons (Fsp3) is 0.786. The Bertz CT molecular complexity index is 278. The first-order valence-corrected chi connectivity index (χ1v) is 6.81. The number of unbranched alkanes of at least 4 members (excludes halogenated alkanes) is 1. The van der Waals surface area contributed by atoms with Gasteiger partial charge in [-0.25, -0.2) is 0 Å². The Hall–Kier alpha value is -0.930. The Kier molecular flexibility index (Phi) is 6.91. The topological polar surface area (TPSA) is 26.3 Å². The number of allylic oxidation sites excluding steroid dienone is 1. The minimum atomic E-state index is -1.60. The zero-order chi connectivity index (χ0) is 13.4. The molecule has 4 heteroatoms. The van der Waals surface area contributed by atoms with Gasteiger partial charge in [-0.2, -0.15) is 8.78 Å². The van der Waals surface area contributed by atoms with E-state index in [1.807, 2.05) is 0 Å². The second kappa shape index (κ2) is 8.22. The van der Waals surface area contributed by atoms with Crippen LogP contribution in [0.4, 0.5) is 8.78 Å². The lowest BCUT2D eigenvalue weighted by molar-refractivity contribution is -0.150. The van der Waals surface area contributed by atoms with Gasteiger partial charge in [-0.3, -0.25) is 4.79 Å². The normalized spacial score (nSPS) is 23.5. The van der Waals surface area contributed by atoms with E-state index in [0.29, 0.717) is 18.9 Å². The van der Waals surface area contributed by atoms with E-state index in [1.165, 1.54) is 0 Å². The Morgan fingerprint density at radius 2 is 1.94 bits per heavy atom. The van der Waals surface area contributed by atoms with Crippen molar-refractivity contribution in [1.29, 1.82) is 0 Å². The molecule has 1 saturated carbocycles. The number of carbonyl (C=O) groups excluding carboxylic acids is 1. The van der Waals surface area contributed by atoms with Gasteiger partial charge in [0.1, 0.15) is 0 Å². The van der Waals surface area contributed by atoms with Crippen molar-refractivity contribution >= 4 is 5.97 Å². The van der Waals surface area contributed by atoms with Crippen molar-refractivity contribution in [2.75, 3.05) is 6.61 Å². The summed E-state index contributed by atoms with van der Waals surface area (Å²) in [5.74, 6) is 0.178. The van der Waals surface area contributed by atoms with Crippen LogP contribution in [0.5, 0.6) is 0 Å². The largest absolute Gasteiger partial charge is 0.465 e. The third-order valence-corrected chi connectivity index (χ3v) is 3.53. The summed E-state index contributed by atoms with van der Waals surface area (Å²) in [7, 11) is 0. The van der Waals surface area contributed by atoms with Crippen molar-refractivity contribution in [1.82, 2.24) is 0 Å². The predicted molar refractivity (Wildman–Crippen MR) is 66.2 cm³/mol. The highest BCUT2D eigenvalue weighted by atomic mass is 19.3. The van der Waals surface area contributed by atoms with Gasteiger partial charge in [0.2, 0.25) is 0 Å². The molecule has 0 radical (unpaired) electrons. The summed E-state index contributed by atoms with van der Waals surface area (Å²) in [5.41, 5.74) is 0. The molecule has 0 aromatic rings. The fourth-order valence-corrected chi connectivity index (χ4v) is 2.32. The van der Waals surface area contributed by atoms with Crippen LogP contribution in [0.1, 0.15) is 51.9 Å². The van der Waals surface area contributed by atoms with Crippen LogP contribution in [0.3, 0.4) is 0 Å². The minimum Gasteiger partial charge on any atom is -0.465 e. The van der Waals surface area contributed by atoms with Crippen LogP contribution in [0.25, 0.3) is 0 Å². The molecule has 0 aliphatic heterocycles. The lowest BCUT2D eigenvalue weighted by Gasteiger charge is -2.26. The molecule has 0 amide bonds. The van der Waals surface area contributed by atoms with Crippen LogP contribution in [0, 0.1) is 11.8 Å². The zero-order valence-electron chi connectivity index (χ0n) is 11.0. The zero-order valence-corrected chi connectivity index (χ0v) is 11.0. The summed E-state index contributed by atoms with van der Waals surface area (Å²) in [6, 6.07) is 0. The predicted octanol–water partition coefficient (Wildman–Crippen LogP) is 4.31. The molecule has 1 aliphatic carbocycles. The van der Waals surface area contributed by atoms with Crippen molar-refractivity contribution in [3.63, 3.8) is 0 Å². The quantitative estimate of drug-likeness (QED) is 0.525. The number of ether oxygens (including phenoxy) is 1. The van der Waals surface area contributed by atoms with Crippen LogP contribution in [-0.4, -0.2) is 12.6 Å². The highest BCUT2D eigenvalue weighted by Crippen LogP contribution is 2.32. The van der Waals surface area contributed by atoms with Gasteiger partial charge >= 0.3 is 5.97 Å². The second-order valence-corrected chi connectivity index (χ2v) is 4.97. The Morgan fingerprint density at radius 3 is 2.50 bits per heavy atom. The van der Waals surface area contributed by atoms with E-state index in [9.17, 15) is 13.6 Å². The lowest BCUT2D eigenvalue weighted by atomic mass is 9.80. The average Bonchev–Trinajstić information content (AvgIpc) is 2.37. The molecule has 0 bridgehead atoms. The summed E-state index contributed by atoms with van der Waals surface area (Å²) in [4.78, 5) is 11.7. The summed E-state index contributed by atoms with van der Waals surface area (Å²) in [6.07, 6.45) is 4.98. The van der Waals surface area contributed by atoms with Crippen molar-refractivity contribution < 1.29 is 18.3 Å². The highest BCUT2D eigenvalue weighted by Gasteiger charge is 2.26. The van der Waals surface area contributed by atoms with Gasteiger partial charge in [0, 0.05) is 0 Å². The van der Waals surface area contributed by atoms with Crippen molar-refractivity contribution in [3.8, 4) is 0 Å². The van der Waals surface area contributed by atoms with E-state index in [4.69, 9.17) is 4.74 Å². The third kappa shape index (κ3) is 5.61. The molecular formula is C14H22F2O2. The van der Waals surface area contributed by atoms with Crippen LogP contribution in [0.15, 0.2) is 12.2 Å². The maximum atomic E-state index is 12.0. The molecule has 0 unspecified atom stereocenters. The summed E-state index contributed by atoms with van der Waals surface area (Å²) < 4.78 is 29.1. The van der Waals surface area contributed by atoms with E-state index < -0.39 is 6.08 Å². The minimum absolute atomic E-state index is 0.0164. The Labute approximate surface area is 107 Å². The number of halogens is 2. The monoisotopic (exact) mass is 260 g/mol. The molecule has 18 heavy (non-hydrogen) atoms. The number of rotatable bonds is 6. The number of hydrogen-bond donors (Lipinski definition) is 0. The van der Waals surface area contributed by atoms with Gasteiger partial charge in [0.05, 0.1) is 12.5 Å². The molecule has 0 N–H and O–H groups in total. The molecule has 1 rings (SSSR count). The first kappa shape index (κ1) is 15.1. The van der Waals surface area contributed by atoms with E-state index in [2.05, 4.69) is 6.92 Å². The second-order valence-electron chi connectivity index (χ2n) is 4.97. The third-order valence-electron chi connectivity index (χ3n) is 3.53. The first-order chi connectivity index (χ1) is 8.63. The Morgan fingerprint density at radius 1 is 1.28 bits per heavy atom. The molecule has 0 saturated heterocycles. The number of esters is 1. The molecule has 2 nitrogen and oxygen atoms in total. The number of hydrogen-bond acceptors (Lipinski definition) is 2. The summed E-state index contributed by atoms with van der Waals surface area (Å²) in [6.45, 7) is 2.56. The van der Waals surface area contributed by atoms with Gasteiger partial charge in [-0.05, 0) is 50.5 Å². The smallest absolute Gasteiger partial charge is 0.308 e. The molecule has 1 fully saturated rings. The molecule has 1 aliphatic rings. The van der Waals surface area contributed by atoms with Gasteiger partial charge in [-0.1, -0.05) is 13.3 Å². The van der Waals surface area contributed by atoms with Gasteiger partial charge < -0.3 is 4.74 Å². The molecule has 0 spiro atoms.